The Bertz CT molecular complexity index is 1470. The molecule has 0 saturated carbocycles. The maximum atomic E-state index is 12.5. The molecule has 0 aliphatic rings. The van der Waals surface area contributed by atoms with E-state index in [1.54, 1.807) is 0 Å². The summed E-state index contributed by atoms with van der Waals surface area (Å²) < 4.78 is 0. The predicted octanol–water partition coefficient (Wildman–Crippen LogP) is 22.4. The summed E-state index contributed by atoms with van der Waals surface area (Å²) in [5, 5.41) is 23.4. The molecule has 4 heteroatoms. The molecule has 3 N–H and O–H groups in total. The highest BCUT2D eigenvalue weighted by atomic mass is 16.3. The molecule has 0 saturated heterocycles. The third-order valence-electron chi connectivity index (χ3n) is 14.5. The van der Waals surface area contributed by atoms with Gasteiger partial charge in [0, 0.05) is 6.42 Å². The Kier molecular flexibility index (Phi) is 63.3. The molecule has 0 aromatic carbocycles. The number of amides is 1. The molecule has 0 aromatic heterocycles. The smallest absolute Gasteiger partial charge is 0.220 e. The second kappa shape index (κ2) is 66.1. The first kappa shape index (κ1) is 72.8. The molecule has 0 radical (unpaired) electrons. The minimum absolute atomic E-state index is 0.0371. The SMILES string of the molecule is CC/C=C\C/C=C\C/C=C\C/C=C\C/C=C\C/C=C\C/C=C\C/C=C\C/C=C\C/C=C\CCCCCCCCCCCCC(=O)NC(CO)C(O)CCCCCCCCCCCCCCCCCCCCCCCCC. The van der Waals surface area contributed by atoms with Crippen LogP contribution in [0.4, 0.5) is 0 Å². The number of aliphatic hydroxyl groups is 2. The van der Waals surface area contributed by atoms with Gasteiger partial charge in [0.05, 0.1) is 18.8 Å². The Labute approximate surface area is 473 Å². The number of unbranched alkanes of at least 4 members (excludes halogenated alkanes) is 32. The van der Waals surface area contributed by atoms with Gasteiger partial charge in [0.1, 0.15) is 0 Å². The van der Waals surface area contributed by atoms with E-state index < -0.39 is 12.1 Å². The van der Waals surface area contributed by atoms with Crippen molar-refractivity contribution in [2.24, 2.45) is 0 Å². The molecule has 0 fully saturated rings. The normalized spacial score (nSPS) is 13.6. The number of carbonyl (C=O) groups is 1. The van der Waals surface area contributed by atoms with Crippen LogP contribution in [0.15, 0.2) is 122 Å². The van der Waals surface area contributed by atoms with Crippen molar-refractivity contribution in [2.75, 3.05) is 6.61 Å². The zero-order chi connectivity index (χ0) is 54.8. The van der Waals surface area contributed by atoms with E-state index in [9.17, 15) is 15.0 Å². The molecular formula is C72H125NO3. The molecule has 0 rings (SSSR count). The second-order valence-corrected chi connectivity index (χ2v) is 21.8. The fourth-order valence-corrected chi connectivity index (χ4v) is 9.57. The van der Waals surface area contributed by atoms with Crippen LogP contribution in [0.25, 0.3) is 0 Å². The summed E-state index contributed by atoms with van der Waals surface area (Å²) in [6.07, 6.45) is 101. The molecule has 0 aliphatic heterocycles. The largest absolute Gasteiger partial charge is 0.394 e. The van der Waals surface area contributed by atoms with Crippen LogP contribution in [-0.4, -0.2) is 34.9 Å². The van der Waals surface area contributed by atoms with Crippen LogP contribution in [-0.2, 0) is 4.79 Å². The van der Waals surface area contributed by atoms with Crippen LogP contribution in [0, 0.1) is 0 Å². The summed E-state index contributed by atoms with van der Waals surface area (Å²) in [6.45, 7) is 4.26. The molecule has 2 atom stereocenters. The first-order chi connectivity index (χ1) is 37.7. The van der Waals surface area contributed by atoms with Crippen molar-refractivity contribution in [3.8, 4) is 0 Å². The number of hydrogen-bond donors (Lipinski definition) is 3. The van der Waals surface area contributed by atoms with Crippen molar-refractivity contribution >= 4 is 5.91 Å². The topological polar surface area (TPSA) is 69.6 Å². The number of aliphatic hydroxyl groups excluding tert-OH is 2. The van der Waals surface area contributed by atoms with Crippen molar-refractivity contribution in [1.82, 2.24) is 5.32 Å². The lowest BCUT2D eigenvalue weighted by atomic mass is 10.0. The van der Waals surface area contributed by atoms with Crippen molar-refractivity contribution in [2.45, 2.75) is 321 Å². The first-order valence-corrected chi connectivity index (χ1v) is 32.7. The molecule has 2 unspecified atom stereocenters. The Morgan fingerprint density at radius 1 is 0.329 bits per heavy atom. The van der Waals surface area contributed by atoms with E-state index in [2.05, 4.69) is 141 Å². The van der Waals surface area contributed by atoms with Gasteiger partial charge in [-0.25, -0.2) is 0 Å². The van der Waals surface area contributed by atoms with Gasteiger partial charge in [0.25, 0.3) is 0 Å². The molecule has 0 spiro atoms. The lowest BCUT2D eigenvalue weighted by molar-refractivity contribution is -0.123. The fourth-order valence-electron chi connectivity index (χ4n) is 9.57. The minimum atomic E-state index is -0.670. The zero-order valence-corrected chi connectivity index (χ0v) is 50.2. The number of carbonyl (C=O) groups excluding carboxylic acids is 1. The van der Waals surface area contributed by atoms with Gasteiger partial charge < -0.3 is 15.5 Å². The van der Waals surface area contributed by atoms with E-state index in [1.807, 2.05) is 0 Å². The predicted molar refractivity (Wildman–Crippen MR) is 340 cm³/mol. The summed E-state index contributed by atoms with van der Waals surface area (Å²) >= 11 is 0. The minimum Gasteiger partial charge on any atom is -0.394 e. The van der Waals surface area contributed by atoms with Crippen molar-refractivity contribution in [3.05, 3.63) is 122 Å². The summed E-state index contributed by atoms with van der Waals surface area (Å²) in [7, 11) is 0. The highest BCUT2D eigenvalue weighted by Crippen LogP contribution is 2.17. The molecule has 0 aromatic rings. The van der Waals surface area contributed by atoms with Gasteiger partial charge in [-0.15, -0.1) is 0 Å². The van der Waals surface area contributed by atoms with Crippen molar-refractivity contribution < 1.29 is 15.0 Å². The summed E-state index contributed by atoms with van der Waals surface area (Å²) in [6, 6.07) is -0.547. The van der Waals surface area contributed by atoms with Crippen LogP contribution >= 0.6 is 0 Å². The molecule has 0 heterocycles. The summed E-state index contributed by atoms with van der Waals surface area (Å²) in [5.41, 5.74) is 0. The first-order valence-electron chi connectivity index (χ1n) is 32.7. The lowest BCUT2D eigenvalue weighted by Crippen LogP contribution is -2.45. The van der Waals surface area contributed by atoms with E-state index in [0.29, 0.717) is 12.8 Å². The molecule has 4 nitrogen and oxygen atoms in total. The molecule has 1 amide bonds. The van der Waals surface area contributed by atoms with Crippen LogP contribution in [0.1, 0.15) is 309 Å². The van der Waals surface area contributed by atoms with Gasteiger partial charge in [-0.05, 0) is 89.9 Å². The third-order valence-corrected chi connectivity index (χ3v) is 14.5. The number of nitrogens with one attached hydrogen (secondary N) is 1. The Hall–Kier alpha value is -3.21. The lowest BCUT2D eigenvalue weighted by Gasteiger charge is -2.22. The summed E-state index contributed by atoms with van der Waals surface area (Å²) in [5.74, 6) is -0.0371. The second-order valence-electron chi connectivity index (χ2n) is 21.8. The average molecular weight is 1050 g/mol. The molecule has 76 heavy (non-hydrogen) atoms. The Morgan fingerprint density at radius 3 is 0.868 bits per heavy atom. The molecule has 0 bridgehead atoms. The highest BCUT2D eigenvalue weighted by molar-refractivity contribution is 5.76. The van der Waals surface area contributed by atoms with Crippen molar-refractivity contribution in [3.63, 3.8) is 0 Å². The van der Waals surface area contributed by atoms with Gasteiger partial charge in [-0.2, -0.15) is 0 Å². The zero-order valence-electron chi connectivity index (χ0n) is 50.2. The van der Waals surface area contributed by atoms with Crippen molar-refractivity contribution in [1.29, 1.82) is 0 Å². The van der Waals surface area contributed by atoms with Gasteiger partial charge >= 0.3 is 0 Å². The van der Waals surface area contributed by atoms with E-state index in [4.69, 9.17) is 0 Å². The average Bonchev–Trinajstić information content (AvgIpc) is 3.42. The van der Waals surface area contributed by atoms with Crippen LogP contribution in [0.3, 0.4) is 0 Å². The standard InChI is InChI=1S/C72H125NO3/c1-3-5-7-9-11-13-15-17-19-21-23-25-27-28-29-30-31-32-33-34-35-36-37-38-39-40-41-42-43-44-46-48-50-52-54-56-58-60-62-64-66-68-72(76)73-70(69-74)71(75)67-65-63-61-59-57-55-53-51-49-47-45-26-24-22-20-18-16-14-12-10-8-6-4-2/h5,7,11,13,17,19,23,25,28-29,31-32,34-35,37-38,40-41,43-44,70-71,74-75H,3-4,6,8-10,12,14-16,18,20-22,24,26-27,30,33,36,39,42,45-69H2,1-2H3,(H,73,76)/b7-5-,13-11-,19-17-,25-23-,29-28-,32-31-,35-34-,38-37-,41-40-,44-43-. The van der Waals surface area contributed by atoms with Gasteiger partial charge in [0.15, 0.2) is 0 Å². The number of hydrogen-bond acceptors (Lipinski definition) is 3. The van der Waals surface area contributed by atoms with Crippen LogP contribution in [0.2, 0.25) is 0 Å². The van der Waals surface area contributed by atoms with E-state index in [1.165, 1.54) is 193 Å². The summed E-state index contributed by atoms with van der Waals surface area (Å²) in [4.78, 5) is 12.5. The molecule has 436 valence electrons. The van der Waals surface area contributed by atoms with E-state index in [-0.39, 0.29) is 12.5 Å². The Balaban J connectivity index is 3.55. The quantitative estimate of drug-likeness (QED) is 0.0420. The maximum Gasteiger partial charge on any atom is 0.220 e. The van der Waals surface area contributed by atoms with Gasteiger partial charge in [0.2, 0.25) is 5.91 Å². The monoisotopic (exact) mass is 1050 g/mol. The molecular weight excluding hydrogens is 927 g/mol. The number of allylic oxidation sites excluding steroid dienone is 20. The highest BCUT2D eigenvalue weighted by Gasteiger charge is 2.20. The van der Waals surface area contributed by atoms with E-state index in [0.717, 1.165) is 89.9 Å². The van der Waals surface area contributed by atoms with Gasteiger partial charge in [-0.3, -0.25) is 4.79 Å². The number of rotatable bonds is 59. The van der Waals surface area contributed by atoms with E-state index >= 15 is 0 Å². The third kappa shape index (κ3) is 61.6. The Morgan fingerprint density at radius 2 is 0.579 bits per heavy atom. The fraction of sp³-hybridized carbons (Fsp3) is 0.708. The molecule has 0 aliphatic carbocycles. The maximum absolute atomic E-state index is 12.5. The van der Waals surface area contributed by atoms with Gasteiger partial charge in [-0.1, -0.05) is 334 Å². The van der Waals surface area contributed by atoms with Crippen LogP contribution < -0.4 is 5.32 Å². The van der Waals surface area contributed by atoms with Crippen LogP contribution in [0.5, 0.6) is 0 Å².